The smallest absolute Gasteiger partial charge is 0.307 e. The Balaban J connectivity index is 0.00000195. The van der Waals surface area contributed by atoms with Gasteiger partial charge in [0, 0.05) is 28.7 Å². The highest BCUT2D eigenvalue weighted by molar-refractivity contribution is 6.31. The summed E-state index contributed by atoms with van der Waals surface area (Å²) in [6, 6.07) is 12.8. The Bertz CT molecular complexity index is 1370. The second-order valence-corrected chi connectivity index (χ2v) is 9.27. The van der Waals surface area contributed by atoms with Gasteiger partial charge < -0.3 is 21.6 Å². The van der Waals surface area contributed by atoms with Crippen LogP contribution in [0.2, 0.25) is 5.02 Å². The van der Waals surface area contributed by atoms with Gasteiger partial charge >= 0.3 is 5.97 Å². The number of benzene rings is 2. The zero-order valence-corrected chi connectivity index (χ0v) is 22.4. The molecule has 2 aromatic carbocycles. The summed E-state index contributed by atoms with van der Waals surface area (Å²) < 4.78 is 0. The fraction of sp³-hybridized carbons (Fsp3) is 0.267. The first-order valence-corrected chi connectivity index (χ1v) is 13.1. The third-order valence-electron chi connectivity index (χ3n) is 6.13. The molecule has 5 N–H and O–H groups in total. The van der Waals surface area contributed by atoms with E-state index in [1.54, 1.807) is 30.5 Å². The number of pyridine rings is 1. The van der Waals surface area contributed by atoms with Crippen LogP contribution in [0.5, 0.6) is 0 Å². The average molecular weight is 533 g/mol. The number of aryl methyl sites for hydroxylation is 1. The number of carbonyl (C=O) groups is 2. The molecule has 1 aromatic heterocycles. The van der Waals surface area contributed by atoms with Crippen molar-refractivity contribution in [3.8, 4) is 0 Å². The molecule has 1 aliphatic rings. The highest BCUT2D eigenvalue weighted by Crippen LogP contribution is 2.29. The number of nitrogens with one attached hydrogen (secondary N) is 2. The molecule has 0 atom stereocenters. The van der Waals surface area contributed by atoms with Crippen molar-refractivity contribution < 1.29 is 14.7 Å². The number of halogens is 1. The largest absolute Gasteiger partial charge is 0.481 e. The lowest BCUT2D eigenvalue weighted by Gasteiger charge is -2.13. The number of carboxylic acids is 1. The zero-order chi connectivity index (χ0) is 27.7. The molecule has 0 fully saturated rings. The SMILES string of the molecule is CC.N=C(CNC(=O)c1cncc(Cc2ccc3c(c2)C(CC(=O)O)=CCCC3)c1)c1cc(Cl)ccc1N. The number of amides is 1. The Morgan fingerprint density at radius 2 is 1.89 bits per heavy atom. The van der Waals surface area contributed by atoms with Gasteiger partial charge in [0.15, 0.2) is 0 Å². The van der Waals surface area contributed by atoms with Crippen LogP contribution < -0.4 is 11.1 Å². The van der Waals surface area contributed by atoms with Crippen molar-refractivity contribution in [2.75, 3.05) is 12.3 Å². The minimum Gasteiger partial charge on any atom is -0.481 e. The molecule has 0 saturated carbocycles. The van der Waals surface area contributed by atoms with Gasteiger partial charge in [0.25, 0.3) is 5.91 Å². The van der Waals surface area contributed by atoms with Gasteiger partial charge in [0.05, 0.1) is 24.2 Å². The second kappa shape index (κ2) is 13.5. The Morgan fingerprint density at radius 3 is 2.66 bits per heavy atom. The molecule has 4 rings (SSSR count). The van der Waals surface area contributed by atoms with Gasteiger partial charge in [-0.05, 0) is 77.8 Å². The molecular formula is C30H33ClN4O3. The van der Waals surface area contributed by atoms with Crippen LogP contribution in [0.25, 0.3) is 5.57 Å². The van der Waals surface area contributed by atoms with Crippen molar-refractivity contribution in [1.29, 1.82) is 5.41 Å². The predicted molar refractivity (Wildman–Crippen MR) is 153 cm³/mol. The number of rotatable bonds is 8. The number of hydrogen-bond acceptors (Lipinski definition) is 5. The fourth-order valence-electron chi connectivity index (χ4n) is 4.36. The number of allylic oxidation sites excluding steroid dienone is 1. The van der Waals surface area contributed by atoms with Crippen LogP contribution in [-0.4, -0.2) is 34.2 Å². The van der Waals surface area contributed by atoms with E-state index >= 15 is 0 Å². The van der Waals surface area contributed by atoms with Crippen molar-refractivity contribution in [2.45, 2.75) is 46.0 Å². The van der Waals surface area contributed by atoms with E-state index in [0.29, 0.717) is 28.3 Å². The van der Waals surface area contributed by atoms with E-state index in [0.717, 1.165) is 47.1 Å². The standard InChI is InChI=1S/C28H27ClN4O3.C2H6/c29-22-7-8-25(30)24(13-22)26(31)16-33-28(36)21-10-18(14-32-15-21)9-17-5-6-19-3-1-2-4-20(12-27(34)35)23(19)11-17;1-2/h4-8,10-11,13-15,31H,1-3,9,12,16,30H2,(H,33,36)(H,34,35);1-2H3. The van der Waals surface area contributed by atoms with Crippen LogP contribution in [0.3, 0.4) is 0 Å². The molecule has 0 spiro atoms. The number of aromatic nitrogens is 1. The van der Waals surface area contributed by atoms with E-state index in [1.807, 2.05) is 26.0 Å². The molecule has 0 aliphatic heterocycles. The van der Waals surface area contributed by atoms with E-state index in [-0.39, 0.29) is 24.6 Å². The van der Waals surface area contributed by atoms with Crippen LogP contribution in [0.1, 0.15) is 71.3 Å². The summed E-state index contributed by atoms with van der Waals surface area (Å²) in [5.41, 5.74) is 12.3. The van der Waals surface area contributed by atoms with E-state index in [4.69, 9.17) is 22.7 Å². The molecule has 0 radical (unpaired) electrons. The molecule has 38 heavy (non-hydrogen) atoms. The summed E-state index contributed by atoms with van der Waals surface area (Å²) in [6.07, 6.45) is 8.58. The highest BCUT2D eigenvalue weighted by atomic mass is 35.5. The molecule has 8 heteroatoms. The maximum atomic E-state index is 12.7. The molecule has 0 saturated heterocycles. The van der Waals surface area contributed by atoms with Crippen LogP contribution in [0.15, 0.2) is 60.9 Å². The van der Waals surface area contributed by atoms with Gasteiger partial charge in [-0.1, -0.05) is 49.7 Å². The van der Waals surface area contributed by atoms with Crippen molar-refractivity contribution in [3.05, 3.63) is 99.3 Å². The molecule has 1 aliphatic carbocycles. The minimum atomic E-state index is -0.839. The number of nitrogens with zero attached hydrogens (tertiary/aromatic N) is 1. The lowest BCUT2D eigenvalue weighted by Crippen LogP contribution is -2.30. The Labute approximate surface area is 228 Å². The quantitative estimate of drug-likeness (QED) is 0.211. The van der Waals surface area contributed by atoms with E-state index in [2.05, 4.69) is 22.4 Å². The van der Waals surface area contributed by atoms with E-state index in [9.17, 15) is 14.7 Å². The van der Waals surface area contributed by atoms with E-state index < -0.39 is 5.97 Å². The third-order valence-corrected chi connectivity index (χ3v) is 6.37. The van der Waals surface area contributed by atoms with Crippen molar-refractivity contribution >= 4 is 40.4 Å². The monoisotopic (exact) mass is 532 g/mol. The molecule has 1 heterocycles. The summed E-state index contributed by atoms with van der Waals surface area (Å²) in [4.78, 5) is 28.3. The lowest BCUT2D eigenvalue weighted by atomic mass is 9.93. The molecule has 1 amide bonds. The number of nitrogen functional groups attached to an aromatic ring is 1. The first kappa shape index (κ1) is 28.6. The number of anilines is 1. The average Bonchev–Trinajstić information content (AvgIpc) is 3.11. The molecule has 0 unspecified atom stereocenters. The number of aliphatic carboxylic acids is 1. The van der Waals surface area contributed by atoms with Gasteiger partial charge in [0.2, 0.25) is 0 Å². The Hall–Kier alpha value is -3.97. The summed E-state index contributed by atoms with van der Waals surface area (Å²) in [7, 11) is 0. The normalized spacial score (nSPS) is 12.2. The molecule has 0 bridgehead atoms. The summed E-state index contributed by atoms with van der Waals surface area (Å²) in [5.74, 6) is -1.18. The summed E-state index contributed by atoms with van der Waals surface area (Å²) in [6.45, 7) is 4.00. The number of nitrogens with two attached hydrogens (primary N) is 1. The molecule has 3 aromatic rings. The number of hydrogen-bond donors (Lipinski definition) is 4. The van der Waals surface area contributed by atoms with Gasteiger partial charge in [-0.15, -0.1) is 0 Å². The van der Waals surface area contributed by atoms with Gasteiger partial charge in [0.1, 0.15) is 0 Å². The van der Waals surface area contributed by atoms with Crippen LogP contribution in [0, 0.1) is 5.41 Å². The molecular weight excluding hydrogens is 500 g/mol. The highest BCUT2D eigenvalue weighted by Gasteiger charge is 2.16. The Morgan fingerprint density at radius 1 is 1.11 bits per heavy atom. The topological polar surface area (TPSA) is 129 Å². The minimum absolute atomic E-state index is 0.00286. The maximum Gasteiger partial charge on any atom is 0.307 e. The number of fused-ring (bicyclic) bond motifs is 1. The maximum absolute atomic E-state index is 12.7. The first-order chi connectivity index (χ1) is 18.3. The third kappa shape index (κ3) is 7.52. The lowest BCUT2D eigenvalue weighted by molar-refractivity contribution is -0.135. The van der Waals surface area contributed by atoms with Gasteiger partial charge in [-0.2, -0.15) is 0 Å². The molecule has 198 valence electrons. The van der Waals surface area contributed by atoms with Crippen molar-refractivity contribution in [1.82, 2.24) is 10.3 Å². The van der Waals surface area contributed by atoms with Crippen molar-refractivity contribution in [2.24, 2.45) is 0 Å². The molecule has 7 nitrogen and oxygen atoms in total. The fourth-order valence-corrected chi connectivity index (χ4v) is 4.53. The van der Waals surface area contributed by atoms with Gasteiger partial charge in [-0.25, -0.2) is 0 Å². The number of carboxylic acid groups (broad SMARTS) is 1. The van der Waals surface area contributed by atoms with Crippen LogP contribution in [0.4, 0.5) is 5.69 Å². The zero-order valence-electron chi connectivity index (χ0n) is 21.7. The van der Waals surface area contributed by atoms with Crippen molar-refractivity contribution in [3.63, 3.8) is 0 Å². The number of carbonyl (C=O) groups excluding carboxylic acids is 1. The summed E-state index contributed by atoms with van der Waals surface area (Å²) in [5, 5.41) is 20.8. The van der Waals surface area contributed by atoms with E-state index in [1.165, 1.54) is 6.20 Å². The van der Waals surface area contributed by atoms with Gasteiger partial charge in [-0.3, -0.25) is 14.6 Å². The first-order valence-electron chi connectivity index (χ1n) is 12.7. The van der Waals surface area contributed by atoms with Crippen LogP contribution >= 0.6 is 11.6 Å². The second-order valence-electron chi connectivity index (χ2n) is 8.84. The van der Waals surface area contributed by atoms with Crippen LogP contribution in [-0.2, 0) is 17.6 Å². The predicted octanol–water partition coefficient (Wildman–Crippen LogP) is 5.93. The Kier molecular flexibility index (Phi) is 10.2. The summed E-state index contributed by atoms with van der Waals surface area (Å²) >= 11 is 6.00.